The van der Waals surface area contributed by atoms with Gasteiger partial charge in [-0.25, -0.2) is 12.8 Å². The second-order valence-corrected chi connectivity index (χ2v) is 9.45. The minimum Gasteiger partial charge on any atom is -0.360 e. The van der Waals surface area contributed by atoms with Gasteiger partial charge >= 0.3 is 0 Å². The van der Waals surface area contributed by atoms with Gasteiger partial charge in [-0.05, 0) is 47.3 Å². The fourth-order valence-electron chi connectivity index (χ4n) is 2.94. The predicted molar refractivity (Wildman–Crippen MR) is 113 cm³/mol. The van der Waals surface area contributed by atoms with Crippen LogP contribution in [-0.2, 0) is 16.6 Å². The van der Waals surface area contributed by atoms with Gasteiger partial charge in [0.05, 0.1) is 12.2 Å². The highest BCUT2D eigenvalue weighted by Gasteiger charge is 2.41. The van der Waals surface area contributed by atoms with Gasteiger partial charge in [-0.15, -0.1) is 11.3 Å². The molecular weight excluding hydrogens is 435 g/mol. The van der Waals surface area contributed by atoms with Crippen LogP contribution in [0.1, 0.15) is 15.2 Å². The number of nitrogens with one attached hydrogen (secondary N) is 1. The number of carbonyl (C=O) groups excluding carboxylic acids is 1. The van der Waals surface area contributed by atoms with Crippen LogP contribution in [0.5, 0.6) is 0 Å². The van der Waals surface area contributed by atoms with Gasteiger partial charge < -0.3 is 5.32 Å². The molecular formula is C20H14ClFN2O3S2. The maximum absolute atomic E-state index is 13.4. The quantitative estimate of drug-likeness (QED) is 0.568. The summed E-state index contributed by atoms with van der Waals surface area (Å²) in [4.78, 5) is 12.8. The summed E-state index contributed by atoms with van der Waals surface area (Å²) in [7, 11) is -4.12. The van der Waals surface area contributed by atoms with E-state index < -0.39 is 26.5 Å². The number of carbonyl (C=O) groups is 1. The molecule has 1 N–H and O–H groups in total. The van der Waals surface area contributed by atoms with E-state index in [9.17, 15) is 17.6 Å². The molecule has 0 spiro atoms. The van der Waals surface area contributed by atoms with Crippen LogP contribution in [-0.4, -0.2) is 14.2 Å². The van der Waals surface area contributed by atoms with Crippen LogP contribution in [0.2, 0.25) is 5.02 Å². The van der Waals surface area contributed by atoms with Crippen LogP contribution < -0.4 is 9.62 Å². The molecule has 1 aliphatic rings. The van der Waals surface area contributed by atoms with Crippen molar-refractivity contribution >= 4 is 50.1 Å². The van der Waals surface area contributed by atoms with E-state index in [2.05, 4.69) is 5.32 Å². The van der Waals surface area contributed by atoms with Crippen molar-refractivity contribution in [3.8, 4) is 0 Å². The Balaban J connectivity index is 1.74. The van der Waals surface area contributed by atoms with Crippen molar-refractivity contribution in [2.24, 2.45) is 0 Å². The highest BCUT2D eigenvalue weighted by molar-refractivity contribution is 7.97. The Bertz CT molecular complexity index is 1220. The van der Waals surface area contributed by atoms with E-state index in [1.807, 2.05) is 0 Å². The number of sulfonamides is 1. The second-order valence-electron chi connectivity index (χ2n) is 6.27. The second kappa shape index (κ2) is 7.62. The third-order valence-corrected chi connectivity index (χ3v) is 7.26. The minimum atomic E-state index is -4.12. The van der Waals surface area contributed by atoms with Gasteiger partial charge in [0.2, 0.25) is 5.78 Å². The zero-order valence-electron chi connectivity index (χ0n) is 14.8. The third kappa shape index (κ3) is 3.78. The first kappa shape index (κ1) is 19.6. The van der Waals surface area contributed by atoms with Crippen LogP contribution in [0, 0.1) is 5.82 Å². The van der Waals surface area contributed by atoms with Crippen molar-refractivity contribution in [3.63, 3.8) is 0 Å². The summed E-state index contributed by atoms with van der Waals surface area (Å²) >= 11 is 7.08. The summed E-state index contributed by atoms with van der Waals surface area (Å²) < 4.78 is 41.1. The topological polar surface area (TPSA) is 66.5 Å². The van der Waals surface area contributed by atoms with Crippen LogP contribution >= 0.6 is 22.9 Å². The first-order valence-electron chi connectivity index (χ1n) is 8.48. The molecule has 0 atom stereocenters. The highest BCUT2D eigenvalue weighted by atomic mass is 35.5. The smallest absolute Gasteiger partial charge is 0.270 e. The molecule has 29 heavy (non-hydrogen) atoms. The SMILES string of the molecule is O=C1/C(=C/Nc2cccc(F)c2)S(=O)(=O)N(Cc2ccc(Cl)cc2)c2ccsc21. The molecule has 1 aliphatic heterocycles. The Kier molecular flexibility index (Phi) is 5.16. The maximum atomic E-state index is 13.4. The van der Waals surface area contributed by atoms with Crippen molar-refractivity contribution in [3.05, 3.63) is 92.4 Å². The fraction of sp³-hybridized carbons (Fsp3) is 0.0500. The molecule has 3 aromatic rings. The number of benzene rings is 2. The lowest BCUT2D eigenvalue weighted by Crippen LogP contribution is -2.38. The van der Waals surface area contributed by atoms with E-state index in [-0.39, 0.29) is 6.54 Å². The van der Waals surface area contributed by atoms with E-state index in [1.165, 1.54) is 33.8 Å². The fourth-order valence-corrected chi connectivity index (χ4v) is 5.55. The van der Waals surface area contributed by atoms with E-state index in [4.69, 9.17) is 11.6 Å². The molecule has 1 aromatic heterocycles. The summed E-state index contributed by atoms with van der Waals surface area (Å²) in [5, 5.41) is 4.93. The first-order valence-corrected chi connectivity index (χ1v) is 11.2. The first-order chi connectivity index (χ1) is 13.9. The molecule has 0 aliphatic carbocycles. The molecule has 4 rings (SSSR count). The van der Waals surface area contributed by atoms with Crippen LogP contribution in [0.25, 0.3) is 0 Å². The summed E-state index contributed by atoms with van der Waals surface area (Å²) in [6.07, 6.45) is 1.12. The van der Waals surface area contributed by atoms with Gasteiger partial charge in [0, 0.05) is 16.9 Å². The number of anilines is 2. The van der Waals surface area contributed by atoms with E-state index in [0.717, 1.165) is 11.8 Å². The summed E-state index contributed by atoms with van der Waals surface area (Å²) in [6.45, 7) is 0.0494. The van der Waals surface area contributed by atoms with Gasteiger partial charge in [-0.1, -0.05) is 29.8 Å². The normalized spacial score (nSPS) is 16.7. The van der Waals surface area contributed by atoms with Gasteiger partial charge in [-0.2, -0.15) is 0 Å². The van der Waals surface area contributed by atoms with Crippen LogP contribution in [0.15, 0.2) is 71.1 Å². The number of hydrogen-bond donors (Lipinski definition) is 1. The molecule has 0 saturated carbocycles. The lowest BCUT2D eigenvalue weighted by molar-refractivity contribution is 0.104. The number of allylic oxidation sites excluding steroid dienone is 1. The number of halogens is 2. The highest BCUT2D eigenvalue weighted by Crippen LogP contribution is 2.39. The number of hydrogen-bond acceptors (Lipinski definition) is 5. The van der Waals surface area contributed by atoms with Crippen molar-refractivity contribution < 1.29 is 17.6 Å². The Morgan fingerprint density at radius 2 is 1.90 bits per heavy atom. The van der Waals surface area contributed by atoms with Gasteiger partial charge in [0.15, 0.2) is 4.91 Å². The Labute approximate surface area is 176 Å². The third-order valence-electron chi connectivity index (χ3n) is 4.35. The average molecular weight is 449 g/mol. The van der Waals surface area contributed by atoms with Crippen LogP contribution in [0.3, 0.4) is 0 Å². The minimum absolute atomic E-state index is 0.0494. The molecule has 0 fully saturated rings. The van der Waals surface area contributed by atoms with Crippen molar-refractivity contribution in [1.29, 1.82) is 0 Å². The average Bonchev–Trinajstić information content (AvgIpc) is 3.16. The van der Waals surface area contributed by atoms with Crippen molar-refractivity contribution in [2.45, 2.75) is 6.54 Å². The molecule has 148 valence electrons. The molecule has 5 nitrogen and oxygen atoms in total. The number of ketones is 1. The lowest BCUT2D eigenvalue weighted by Gasteiger charge is -2.29. The van der Waals surface area contributed by atoms with E-state index in [1.54, 1.807) is 41.8 Å². The van der Waals surface area contributed by atoms with Crippen LogP contribution in [0.4, 0.5) is 15.8 Å². The summed E-state index contributed by atoms with van der Waals surface area (Å²) in [5.41, 5.74) is 1.40. The van der Waals surface area contributed by atoms with Gasteiger partial charge in [-0.3, -0.25) is 9.10 Å². The number of Topliss-reactive ketones (excluding diaryl/α,β-unsaturated/α-hetero) is 1. The molecule has 0 unspecified atom stereocenters. The van der Waals surface area contributed by atoms with Gasteiger partial charge in [0.1, 0.15) is 10.7 Å². The maximum Gasteiger partial charge on any atom is 0.270 e. The standard InChI is InChI=1S/C20H14ClFN2O3S2/c21-14-6-4-13(5-7-14)12-24-17-8-9-28-20(17)19(25)18(29(24,26)27)11-23-16-3-1-2-15(22)10-16/h1-11,23H,12H2/b18-11-. The summed E-state index contributed by atoms with van der Waals surface area (Å²) in [5.74, 6) is -1.07. The number of thiophene rings is 1. The number of fused-ring (bicyclic) bond motifs is 1. The van der Waals surface area contributed by atoms with Crippen molar-refractivity contribution in [2.75, 3.05) is 9.62 Å². The Morgan fingerprint density at radius 3 is 2.62 bits per heavy atom. The van der Waals surface area contributed by atoms with E-state index >= 15 is 0 Å². The molecule has 2 aromatic carbocycles. The Morgan fingerprint density at radius 1 is 1.14 bits per heavy atom. The predicted octanol–water partition coefficient (Wildman–Crippen LogP) is 5.03. The molecule has 0 amide bonds. The van der Waals surface area contributed by atoms with E-state index in [0.29, 0.717) is 21.3 Å². The molecule has 0 radical (unpaired) electrons. The lowest BCUT2D eigenvalue weighted by atomic mass is 10.2. The largest absolute Gasteiger partial charge is 0.360 e. The molecule has 0 saturated heterocycles. The molecule has 9 heteroatoms. The van der Waals surface area contributed by atoms with Gasteiger partial charge in [0.25, 0.3) is 10.0 Å². The zero-order valence-corrected chi connectivity index (χ0v) is 17.2. The molecule has 0 bridgehead atoms. The van der Waals surface area contributed by atoms with Crippen molar-refractivity contribution in [1.82, 2.24) is 0 Å². The number of nitrogens with zero attached hydrogens (tertiary/aromatic N) is 1. The monoisotopic (exact) mass is 448 g/mol. The number of rotatable bonds is 4. The summed E-state index contributed by atoms with van der Waals surface area (Å²) in [6, 6.07) is 14.0. The Hall–Kier alpha value is -2.68. The molecule has 2 heterocycles. The zero-order chi connectivity index (χ0) is 20.6.